The Bertz CT molecular complexity index is 1720. The van der Waals surface area contributed by atoms with Gasteiger partial charge in [0.15, 0.2) is 0 Å². The molecule has 0 radical (unpaired) electrons. The van der Waals surface area contributed by atoms with Crippen molar-refractivity contribution < 1.29 is 23.7 Å². The summed E-state index contributed by atoms with van der Waals surface area (Å²) in [6.45, 7) is 9.47. The van der Waals surface area contributed by atoms with Crippen LogP contribution in [-0.4, -0.2) is 77.2 Å². The summed E-state index contributed by atoms with van der Waals surface area (Å²) in [7, 11) is 5.51. The van der Waals surface area contributed by atoms with Crippen molar-refractivity contribution in [2.24, 2.45) is 0 Å². The Morgan fingerprint density at radius 1 is 0.712 bits per heavy atom. The number of nitriles is 3. The molecular weight excluding hydrogens is 656 g/mol. The monoisotopic (exact) mass is 706 g/mol. The molecule has 0 aliphatic carbocycles. The van der Waals surface area contributed by atoms with Gasteiger partial charge in [-0.15, -0.1) is 0 Å². The van der Waals surface area contributed by atoms with E-state index >= 15 is 0 Å². The number of likely N-dealkylation sites (N-methyl/N-ethyl adjacent to an activating group) is 3. The molecule has 0 aromatic heterocycles. The highest BCUT2D eigenvalue weighted by atomic mass is 16.6. The predicted molar refractivity (Wildman–Crippen MR) is 197 cm³/mol. The number of benzene rings is 3. The van der Waals surface area contributed by atoms with E-state index in [9.17, 15) is 10.1 Å². The van der Waals surface area contributed by atoms with E-state index in [2.05, 4.69) is 41.0 Å². The summed E-state index contributed by atoms with van der Waals surface area (Å²) in [5.41, 5.74) is 8.39. The molecule has 3 aliphatic heterocycles. The lowest BCUT2D eigenvalue weighted by Gasteiger charge is -2.31. The summed E-state index contributed by atoms with van der Waals surface area (Å²) in [4.78, 5) is 13.6. The summed E-state index contributed by atoms with van der Waals surface area (Å²) < 4.78 is 22.5. The van der Waals surface area contributed by atoms with E-state index in [0.717, 1.165) is 76.9 Å². The van der Waals surface area contributed by atoms with Gasteiger partial charge < -0.3 is 34.5 Å². The molecule has 0 saturated carbocycles. The molecule has 52 heavy (non-hydrogen) atoms. The summed E-state index contributed by atoms with van der Waals surface area (Å²) in [5.74, 6) is 0. The fourth-order valence-corrected chi connectivity index (χ4v) is 6.57. The van der Waals surface area contributed by atoms with E-state index in [-0.39, 0.29) is 24.4 Å². The lowest BCUT2D eigenvalue weighted by Crippen LogP contribution is -2.38. The molecule has 1 amide bonds. The van der Waals surface area contributed by atoms with E-state index in [1.807, 2.05) is 77.3 Å². The van der Waals surface area contributed by atoms with Crippen molar-refractivity contribution in [3.63, 3.8) is 0 Å². The maximum absolute atomic E-state index is 12.1. The van der Waals surface area contributed by atoms with Crippen LogP contribution in [0, 0.1) is 34.0 Å². The molecule has 0 spiro atoms. The Hall–Kier alpha value is -4.80. The molecule has 0 fully saturated rings. The number of rotatable bonds is 6. The van der Waals surface area contributed by atoms with Crippen LogP contribution in [0.5, 0.6) is 0 Å². The number of hydrogen-bond donors (Lipinski definition) is 2. The average Bonchev–Trinajstić information content (AvgIpc) is 3.14. The second-order valence-corrected chi connectivity index (χ2v) is 13.8. The molecule has 3 aromatic rings. The minimum atomic E-state index is -0.523. The van der Waals surface area contributed by atoms with Crippen LogP contribution in [0.3, 0.4) is 0 Å². The van der Waals surface area contributed by atoms with Gasteiger partial charge in [-0.25, -0.2) is 4.79 Å². The van der Waals surface area contributed by atoms with Gasteiger partial charge in [0, 0.05) is 20.1 Å². The number of carbonyl (C=O) groups is 1. The highest BCUT2D eigenvalue weighted by molar-refractivity contribution is 5.67. The van der Waals surface area contributed by atoms with Crippen LogP contribution in [0.4, 0.5) is 4.79 Å². The second kappa shape index (κ2) is 19.2. The summed E-state index contributed by atoms with van der Waals surface area (Å²) in [5, 5.41) is 33.4. The Labute approximate surface area is 308 Å². The van der Waals surface area contributed by atoms with E-state index in [0.29, 0.717) is 31.9 Å². The maximum Gasteiger partial charge on any atom is 0.410 e. The van der Waals surface area contributed by atoms with E-state index in [4.69, 9.17) is 29.5 Å². The molecule has 0 bridgehead atoms. The van der Waals surface area contributed by atoms with Gasteiger partial charge in [-0.2, -0.15) is 15.8 Å². The van der Waals surface area contributed by atoms with Crippen LogP contribution >= 0.6 is 0 Å². The molecule has 1 unspecified atom stereocenters. The minimum absolute atomic E-state index is 0.0899. The van der Waals surface area contributed by atoms with Gasteiger partial charge in [-0.3, -0.25) is 0 Å². The van der Waals surface area contributed by atoms with Crippen molar-refractivity contribution >= 4 is 6.09 Å². The highest BCUT2D eigenvalue weighted by Gasteiger charge is 2.28. The largest absolute Gasteiger partial charge is 0.444 e. The fourth-order valence-electron chi connectivity index (χ4n) is 6.57. The number of nitrogens with zero attached hydrogens (tertiary/aromatic N) is 4. The van der Waals surface area contributed by atoms with E-state index in [1.165, 1.54) is 4.90 Å². The highest BCUT2D eigenvalue weighted by Crippen LogP contribution is 2.31. The van der Waals surface area contributed by atoms with E-state index in [1.54, 1.807) is 7.05 Å². The van der Waals surface area contributed by atoms with Crippen molar-refractivity contribution in [1.29, 1.82) is 15.8 Å². The predicted octanol–water partition coefficient (Wildman–Crippen LogP) is 5.82. The molecule has 2 N–H and O–H groups in total. The fraction of sp³-hybridized carbons (Fsp3) is 0.463. The third kappa shape index (κ3) is 10.4. The summed E-state index contributed by atoms with van der Waals surface area (Å²) in [6.07, 6.45) is 2.00. The summed E-state index contributed by atoms with van der Waals surface area (Å²) in [6, 6.07) is 24.0. The average molecular weight is 707 g/mol. The van der Waals surface area contributed by atoms with Crippen molar-refractivity contribution in [2.45, 2.75) is 63.9 Å². The number of nitrogens with one attached hydrogen (secondary N) is 2. The van der Waals surface area contributed by atoms with Crippen molar-refractivity contribution in [3.8, 4) is 18.2 Å². The normalized spacial score (nSPS) is 18.5. The van der Waals surface area contributed by atoms with Crippen molar-refractivity contribution in [2.75, 3.05) is 60.6 Å². The van der Waals surface area contributed by atoms with Gasteiger partial charge in [0.2, 0.25) is 0 Å². The lowest BCUT2D eigenvalue weighted by atomic mass is 9.93. The number of amides is 1. The number of ether oxygens (including phenoxy) is 4. The zero-order valence-corrected chi connectivity index (χ0v) is 31.1. The van der Waals surface area contributed by atoms with Crippen LogP contribution in [0.15, 0.2) is 54.6 Å². The van der Waals surface area contributed by atoms with Crippen LogP contribution in [0.25, 0.3) is 0 Å². The lowest BCUT2D eigenvalue weighted by molar-refractivity contribution is -0.00167. The van der Waals surface area contributed by atoms with Crippen LogP contribution < -0.4 is 10.6 Å². The van der Waals surface area contributed by atoms with Gasteiger partial charge in [0.1, 0.15) is 11.7 Å². The van der Waals surface area contributed by atoms with Gasteiger partial charge >= 0.3 is 6.09 Å². The van der Waals surface area contributed by atoms with Crippen molar-refractivity contribution in [3.05, 3.63) is 105 Å². The molecule has 3 heterocycles. The quantitative estimate of drug-likeness (QED) is 0.321. The number of hydrogen-bond acceptors (Lipinski definition) is 10. The molecule has 3 aromatic carbocycles. The standard InChI is InChI=1S/C17H22N2O3.2C12H14N2O/c1-17(2,3)22-16(20)19(4)11-15-14-7-5-6-12(10-18)13(14)8-9-21-15;2*1-14-8-12-11-4-2-3-9(7-13)10(11)5-6-15-12/h5-7,15H,8-9,11H2,1-4H3;2*2-4,12,14H,5-6,8H2,1H3/t;2*12-/m.10/s1. The van der Waals surface area contributed by atoms with Crippen LogP contribution in [0.1, 0.15) is 89.2 Å². The first-order valence-corrected chi connectivity index (χ1v) is 17.7. The number of fused-ring (bicyclic) bond motifs is 3. The maximum atomic E-state index is 12.1. The minimum Gasteiger partial charge on any atom is -0.444 e. The molecule has 3 atom stereocenters. The Balaban J connectivity index is 0.000000179. The topological polar surface area (TPSA) is 153 Å². The summed E-state index contributed by atoms with van der Waals surface area (Å²) >= 11 is 0. The number of carbonyl (C=O) groups excluding carboxylic acids is 1. The first-order valence-electron chi connectivity index (χ1n) is 17.7. The van der Waals surface area contributed by atoms with Gasteiger partial charge in [0.05, 0.1) is 73.5 Å². The second-order valence-electron chi connectivity index (χ2n) is 13.8. The Morgan fingerprint density at radius 2 is 1.08 bits per heavy atom. The molecule has 11 nitrogen and oxygen atoms in total. The van der Waals surface area contributed by atoms with Gasteiger partial charge in [-0.1, -0.05) is 36.4 Å². The molecule has 274 valence electrons. The third-order valence-corrected chi connectivity index (χ3v) is 8.98. The Morgan fingerprint density at radius 3 is 1.42 bits per heavy atom. The first kappa shape index (κ1) is 40.0. The van der Waals surface area contributed by atoms with Gasteiger partial charge in [0.25, 0.3) is 0 Å². The molecule has 0 saturated heterocycles. The zero-order chi connectivity index (χ0) is 37.7. The van der Waals surface area contributed by atoms with Gasteiger partial charge in [-0.05, 0) is 106 Å². The zero-order valence-electron chi connectivity index (χ0n) is 31.1. The Kier molecular flexibility index (Phi) is 14.7. The third-order valence-electron chi connectivity index (χ3n) is 8.98. The molecular formula is C41H50N6O5. The molecule has 6 rings (SSSR count). The van der Waals surface area contributed by atoms with E-state index < -0.39 is 5.60 Å². The smallest absolute Gasteiger partial charge is 0.410 e. The molecule has 11 heteroatoms. The van der Waals surface area contributed by atoms with Crippen molar-refractivity contribution in [1.82, 2.24) is 15.5 Å². The molecule has 3 aliphatic rings. The van der Waals surface area contributed by atoms with Crippen LogP contribution in [0.2, 0.25) is 0 Å². The SMILES string of the molecule is CN(CC1OCCc2c(C#N)cccc21)C(=O)OC(C)(C)C.CNC[C@@H]1OCCc2c(C#N)cccc21.CNC[C@H]1OCCc2c(C#N)cccc21. The first-order chi connectivity index (χ1) is 25.0. The van der Waals surface area contributed by atoms with Crippen LogP contribution in [-0.2, 0) is 38.2 Å².